The smallest absolute Gasteiger partial charge is 0.259 e. The number of amides is 1. The minimum atomic E-state index is -3.67. The molecule has 0 aliphatic carbocycles. The third-order valence-electron chi connectivity index (χ3n) is 4.45. The number of halogens is 3. The molecule has 3 aromatic carbocycles. The van der Waals surface area contributed by atoms with Crippen LogP contribution in [-0.2, 0) is 10.0 Å². The van der Waals surface area contributed by atoms with Crippen molar-refractivity contribution in [3.63, 3.8) is 0 Å². The second kappa shape index (κ2) is 10.5. The van der Waals surface area contributed by atoms with E-state index >= 15 is 0 Å². The number of hydrogen-bond acceptors (Lipinski definition) is 3. The Balaban J connectivity index is 1.71. The summed E-state index contributed by atoms with van der Waals surface area (Å²) in [4.78, 5) is 14.9. The molecule has 3 aromatic rings. The third kappa shape index (κ3) is 6.21. The normalized spacial score (nSPS) is 11.3. The van der Waals surface area contributed by atoms with Crippen LogP contribution in [0.5, 0.6) is 0 Å². The highest BCUT2D eigenvalue weighted by atomic mass is 35.5. The van der Waals surface area contributed by atoms with Crippen LogP contribution in [0.1, 0.15) is 16.8 Å². The Kier molecular flexibility index (Phi) is 7.97. The lowest BCUT2D eigenvalue weighted by Gasteiger charge is -2.23. The maximum Gasteiger partial charge on any atom is 0.259 e. The number of carbonyl (C=O) groups is 1. The number of para-hydroxylation sites is 1. The molecule has 0 saturated heterocycles. The van der Waals surface area contributed by atoms with E-state index in [0.717, 1.165) is 0 Å². The first kappa shape index (κ1) is 23.6. The summed E-state index contributed by atoms with van der Waals surface area (Å²) < 4.78 is 27.4. The largest absolute Gasteiger partial charge is 0.308 e. The van der Waals surface area contributed by atoms with Gasteiger partial charge in [-0.1, -0.05) is 53.0 Å². The Labute approximate surface area is 196 Å². The topological polar surface area (TPSA) is 66.5 Å². The molecular formula is C22H19Cl3N2O3S. The second-order valence-corrected chi connectivity index (χ2v) is 9.67. The average molecular weight is 498 g/mol. The van der Waals surface area contributed by atoms with Crippen molar-refractivity contribution in [1.29, 1.82) is 0 Å². The van der Waals surface area contributed by atoms with E-state index in [1.54, 1.807) is 29.2 Å². The minimum Gasteiger partial charge on any atom is -0.308 e. The van der Waals surface area contributed by atoms with Gasteiger partial charge in [0.1, 0.15) is 0 Å². The Bertz CT molecular complexity index is 1150. The zero-order valence-electron chi connectivity index (χ0n) is 16.3. The molecule has 0 atom stereocenters. The lowest BCUT2D eigenvalue weighted by atomic mass is 10.1. The van der Waals surface area contributed by atoms with Gasteiger partial charge in [0.15, 0.2) is 0 Å². The molecule has 3 rings (SSSR count). The summed E-state index contributed by atoms with van der Waals surface area (Å²) in [7, 11) is -3.67. The van der Waals surface area contributed by atoms with E-state index in [2.05, 4.69) is 4.72 Å². The standard InChI is InChI=1S/C22H19Cl3N2O3S/c23-16-7-10-19(11-8-16)31(29,30)26-13-4-14-27(18-5-2-1-3-6-18)22(28)20-12-9-17(24)15-21(20)25/h1-3,5-12,15,26H,4,13-14H2. The number of benzene rings is 3. The van der Waals surface area contributed by atoms with E-state index in [0.29, 0.717) is 27.7 Å². The summed E-state index contributed by atoms with van der Waals surface area (Å²) in [5, 5.41) is 1.14. The quantitative estimate of drug-likeness (QED) is 0.408. The number of nitrogens with zero attached hydrogens (tertiary/aromatic N) is 1. The van der Waals surface area contributed by atoms with Gasteiger partial charge in [-0.05, 0) is 61.0 Å². The van der Waals surface area contributed by atoms with E-state index in [9.17, 15) is 13.2 Å². The molecule has 31 heavy (non-hydrogen) atoms. The number of nitrogens with one attached hydrogen (secondary N) is 1. The molecule has 0 aromatic heterocycles. The molecule has 0 heterocycles. The predicted molar refractivity (Wildman–Crippen MR) is 126 cm³/mol. The lowest BCUT2D eigenvalue weighted by Crippen LogP contribution is -2.34. The van der Waals surface area contributed by atoms with Crippen LogP contribution in [0.15, 0.2) is 77.7 Å². The van der Waals surface area contributed by atoms with Gasteiger partial charge in [0.05, 0.1) is 15.5 Å². The third-order valence-corrected chi connectivity index (χ3v) is 6.73. The monoisotopic (exact) mass is 496 g/mol. The van der Waals surface area contributed by atoms with Crippen LogP contribution in [0.2, 0.25) is 15.1 Å². The number of carbonyl (C=O) groups excluding carboxylic acids is 1. The molecule has 0 bridgehead atoms. The number of sulfonamides is 1. The molecule has 0 aliphatic rings. The molecule has 0 spiro atoms. The molecule has 162 valence electrons. The summed E-state index contributed by atoms with van der Waals surface area (Å²) in [5.41, 5.74) is 0.996. The molecule has 5 nitrogen and oxygen atoms in total. The molecular weight excluding hydrogens is 479 g/mol. The van der Waals surface area contributed by atoms with E-state index in [1.807, 2.05) is 18.2 Å². The molecule has 0 saturated carbocycles. The zero-order valence-corrected chi connectivity index (χ0v) is 19.3. The van der Waals surface area contributed by atoms with E-state index < -0.39 is 10.0 Å². The summed E-state index contributed by atoms with van der Waals surface area (Å²) in [6.07, 6.45) is 0.388. The summed E-state index contributed by atoms with van der Waals surface area (Å²) in [6.45, 7) is 0.431. The second-order valence-electron chi connectivity index (χ2n) is 6.62. The molecule has 1 amide bonds. The fraction of sp³-hybridized carbons (Fsp3) is 0.136. The summed E-state index contributed by atoms with van der Waals surface area (Å²) >= 11 is 18.0. The fourth-order valence-electron chi connectivity index (χ4n) is 2.90. The van der Waals surface area contributed by atoms with Crippen molar-refractivity contribution in [2.45, 2.75) is 11.3 Å². The highest BCUT2D eigenvalue weighted by Crippen LogP contribution is 2.25. The Morgan fingerprint density at radius 3 is 2.16 bits per heavy atom. The highest BCUT2D eigenvalue weighted by Gasteiger charge is 2.20. The highest BCUT2D eigenvalue weighted by molar-refractivity contribution is 7.89. The number of anilines is 1. The SMILES string of the molecule is O=C(c1ccc(Cl)cc1Cl)N(CCCNS(=O)(=O)c1ccc(Cl)cc1)c1ccccc1. The number of rotatable bonds is 8. The predicted octanol–water partition coefficient (Wildman–Crippen LogP) is 5.66. The van der Waals surface area contributed by atoms with Gasteiger partial charge in [-0.15, -0.1) is 0 Å². The molecule has 1 N–H and O–H groups in total. The molecule has 0 fully saturated rings. The van der Waals surface area contributed by atoms with Gasteiger partial charge in [0.25, 0.3) is 5.91 Å². The Morgan fingerprint density at radius 1 is 0.871 bits per heavy atom. The van der Waals surface area contributed by atoms with Crippen molar-refractivity contribution >= 4 is 56.4 Å². The van der Waals surface area contributed by atoms with Gasteiger partial charge >= 0.3 is 0 Å². The average Bonchev–Trinajstić information content (AvgIpc) is 2.74. The molecule has 0 aliphatic heterocycles. The van der Waals surface area contributed by atoms with Crippen molar-refractivity contribution in [1.82, 2.24) is 4.72 Å². The van der Waals surface area contributed by atoms with Crippen molar-refractivity contribution in [3.8, 4) is 0 Å². The van der Waals surface area contributed by atoms with Crippen LogP contribution >= 0.6 is 34.8 Å². The van der Waals surface area contributed by atoms with Gasteiger partial charge in [0, 0.05) is 28.8 Å². The maximum atomic E-state index is 13.2. The molecule has 0 unspecified atom stereocenters. The van der Waals surface area contributed by atoms with E-state index in [1.165, 1.54) is 30.3 Å². The van der Waals surface area contributed by atoms with Crippen molar-refractivity contribution in [3.05, 3.63) is 93.4 Å². The minimum absolute atomic E-state index is 0.126. The van der Waals surface area contributed by atoms with Gasteiger partial charge < -0.3 is 4.90 Å². The first-order valence-corrected chi connectivity index (χ1v) is 12.0. The summed E-state index contributed by atoms with van der Waals surface area (Å²) in [6, 6.07) is 19.7. The van der Waals surface area contributed by atoms with Crippen LogP contribution in [-0.4, -0.2) is 27.4 Å². The first-order valence-electron chi connectivity index (χ1n) is 9.35. The zero-order chi connectivity index (χ0) is 22.4. The first-order chi connectivity index (χ1) is 14.8. The van der Waals surface area contributed by atoms with E-state index in [-0.39, 0.29) is 28.9 Å². The number of hydrogen-bond donors (Lipinski definition) is 1. The Hall–Kier alpha value is -2.09. The lowest BCUT2D eigenvalue weighted by molar-refractivity contribution is 0.0987. The fourth-order valence-corrected chi connectivity index (χ4v) is 4.59. The van der Waals surface area contributed by atoms with Gasteiger partial charge in [0.2, 0.25) is 10.0 Å². The van der Waals surface area contributed by atoms with Crippen LogP contribution in [0, 0.1) is 0 Å². The Morgan fingerprint density at radius 2 is 1.52 bits per heavy atom. The van der Waals surface area contributed by atoms with Crippen molar-refractivity contribution in [2.24, 2.45) is 0 Å². The van der Waals surface area contributed by atoms with Crippen molar-refractivity contribution in [2.75, 3.05) is 18.0 Å². The van der Waals surface area contributed by atoms with Gasteiger partial charge in [-0.2, -0.15) is 0 Å². The van der Waals surface area contributed by atoms with Crippen LogP contribution < -0.4 is 9.62 Å². The summed E-state index contributed by atoms with van der Waals surface area (Å²) in [5.74, 6) is -0.298. The van der Waals surface area contributed by atoms with Gasteiger partial charge in [-0.25, -0.2) is 13.1 Å². The van der Waals surface area contributed by atoms with Crippen LogP contribution in [0.3, 0.4) is 0 Å². The van der Waals surface area contributed by atoms with Crippen molar-refractivity contribution < 1.29 is 13.2 Å². The maximum absolute atomic E-state index is 13.2. The van der Waals surface area contributed by atoms with Gasteiger partial charge in [-0.3, -0.25) is 4.79 Å². The molecule has 0 radical (unpaired) electrons. The molecule has 9 heteroatoms. The van der Waals surface area contributed by atoms with Crippen LogP contribution in [0.4, 0.5) is 5.69 Å². The van der Waals surface area contributed by atoms with E-state index in [4.69, 9.17) is 34.8 Å². The van der Waals surface area contributed by atoms with Crippen LogP contribution in [0.25, 0.3) is 0 Å².